The molecule has 128 valence electrons. The first-order chi connectivity index (χ1) is 11.1. The number of hydrogen-bond donors (Lipinski definition) is 1. The molecule has 1 aliphatic rings. The van der Waals surface area contributed by atoms with E-state index in [4.69, 9.17) is 0 Å². The van der Waals surface area contributed by atoms with Crippen molar-refractivity contribution in [1.29, 1.82) is 0 Å². The Balaban J connectivity index is 1.55. The summed E-state index contributed by atoms with van der Waals surface area (Å²) in [4.78, 5) is 23.5. The van der Waals surface area contributed by atoms with Crippen LogP contribution in [-0.4, -0.2) is 17.0 Å². The molecule has 1 aromatic heterocycles. The van der Waals surface area contributed by atoms with Crippen LogP contribution in [0.25, 0.3) is 0 Å². The third-order valence-corrected chi connectivity index (χ3v) is 5.07. The number of carbonyl (C=O) groups is 1. The number of amides is 1. The minimum absolute atomic E-state index is 0.0183. The third kappa shape index (κ3) is 6.90. The van der Waals surface area contributed by atoms with Crippen LogP contribution in [0.1, 0.15) is 57.8 Å². The van der Waals surface area contributed by atoms with Gasteiger partial charge in [0.05, 0.1) is 0 Å². The molecule has 0 bridgehead atoms. The monoisotopic (exact) mass is 382 g/mol. The number of aryl methyl sites for hydroxylation is 1. The lowest BCUT2D eigenvalue weighted by molar-refractivity contribution is -0.121. The topological polar surface area (TPSA) is 51.1 Å². The molecule has 5 heteroatoms. The van der Waals surface area contributed by atoms with Crippen molar-refractivity contribution in [1.82, 2.24) is 9.88 Å². The van der Waals surface area contributed by atoms with Crippen LogP contribution in [0, 0.1) is 5.92 Å². The summed E-state index contributed by atoms with van der Waals surface area (Å²) in [5.41, 5.74) is 0.0183. The molecule has 4 nitrogen and oxygen atoms in total. The zero-order chi connectivity index (χ0) is 16.5. The molecule has 1 aromatic rings. The summed E-state index contributed by atoms with van der Waals surface area (Å²) in [6, 6.07) is 3.32. The first-order valence-corrected chi connectivity index (χ1v) is 9.57. The summed E-state index contributed by atoms with van der Waals surface area (Å²) in [6.07, 6.45) is 11.9. The number of halogens is 1. The normalized spacial score (nSPS) is 15.5. The van der Waals surface area contributed by atoms with E-state index in [-0.39, 0.29) is 11.5 Å². The Morgan fingerprint density at radius 1 is 1.22 bits per heavy atom. The smallest absolute Gasteiger partial charge is 0.250 e. The fourth-order valence-corrected chi connectivity index (χ4v) is 3.59. The SMILES string of the molecule is O=C(CCC1CCCCC1)NCCCCn1cc(Br)ccc1=O. The van der Waals surface area contributed by atoms with Crippen molar-refractivity contribution in [2.45, 2.75) is 64.3 Å². The van der Waals surface area contributed by atoms with Crippen LogP contribution in [0.4, 0.5) is 0 Å². The highest BCUT2D eigenvalue weighted by Gasteiger charge is 2.14. The van der Waals surface area contributed by atoms with Gasteiger partial charge in [-0.15, -0.1) is 0 Å². The zero-order valence-electron chi connectivity index (χ0n) is 13.7. The van der Waals surface area contributed by atoms with Gasteiger partial charge in [-0.25, -0.2) is 0 Å². The summed E-state index contributed by atoms with van der Waals surface area (Å²) in [5.74, 6) is 0.938. The molecule has 1 amide bonds. The Hall–Kier alpha value is -1.10. The Morgan fingerprint density at radius 2 is 2.00 bits per heavy atom. The van der Waals surface area contributed by atoms with Gasteiger partial charge >= 0.3 is 0 Å². The van der Waals surface area contributed by atoms with E-state index in [9.17, 15) is 9.59 Å². The van der Waals surface area contributed by atoms with Crippen LogP contribution in [0.15, 0.2) is 27.6 Å². The van der Waals surface area contributed by atoms with Gasteiger partial charge in [-0.3, -0.25) is 9.59 Å². The highest BCUT2D eigenvalue weighted by molar-refractivity contribution is 9.10. The molecule has 0 saturated heterocycles. The molecule has 0 spiro atoms. The van der Waals surface area contributed by atoms with Crippen LogP contribution in [0.2, 0.25) is 0 Å². The molecule has 0 atom stereocenters. The van der Waals surface area contributed by atoms with E-state index >= 15 is 0 Å². The van der Waals surface area contributed by atoms with Crippen LogP contribution < -0.4 is 10.9 Å². The molecule has 1 N–H and O–H groups in total. The fraction of sp³-hybridized carbons (Fsp3) is 0.667. The van der Waals surface area contributed by atoms with Gasteiger partial charge in [0, 0.05) is 36.2 Å². The second-order valence-electron chi connectivity index (χ2n) is 6.48. The van der Waals surface area contributed by atoms with E-state index < -0.39 is 0 Å². The van der Waals surface area contributed by atoms with Crippen molar-refractivity contribution in [3.8, 4) is 0 Å². The van der Waals surface area contributed by atoms with Gasteiger partial charge in [0.1, 0.15) is 0 Å². The predicted octanol–water partition coefficient (Wildman–Crippen LogP) is 3.87. The van der Waals surface area contributed by atoms with Crippen molar-refractivity contribution in [3.63, 3.8) is 0 Å². The molecule has 0 radical (unpaired) electrons. The van der Waals surface area contributed by atoms with Gasteiger partial charge in [0.15, 0.2) is 0 Å². The zero-order valence-corrected chi connectivity index (χ0v) is 15.3. The standard InChI is InChI=1S/C18H27BrN2O2/c19-16-9-11-18(23)21(14-16)13-5-4-12-20-17(22)10-8-15-6-2-1-3-7-15/h9,11,14-15H,1-8,10,12-13H2,(H,20,22). The summed E-state index contributed by atoms with van der Waals surface area (Å²) < 4.78 is 2.61. The Bertz CT molecular complexity index is 550. The maximum absolute atomic E-state index is 11.8. The molecule has 1 fully saturated rings. The van der Waals surface area contributed by atoms with Crippen LogP contribution in [-0.2, 0) is 11.3 Å². The Labute approximate surface area is 146 Å². The molecule has 0 aromatic carbocycles. The van der Waals surface area contributed by atoms with Crippen LogP contribution in [0.3, 0.4) is 0 Å². The third-order valence-electron chi connectivity index (χ3n) is 4.60. The molecular formula is C18H27BrN2O2. The van der Waals surface area contributed by atoms with Gasteiger partial charge in [-0.05, 0) is 47.2 Å². The molecule has 0 unspecified atom stereocenters. The molecule has 23 heavy (non-hydrogen) atoms. The van der Waals surface area contributed by atoms with Gasteiger partial charge < -0.3 is 9.88 Å². The van der Waals surface area contributed by atoms with Gasteiger partial charge in [0.2, 0.25) is 5.91 Å². The first kappa shape index (κ1) is 18.2. The van der Waals surface area contributed by atoms with E-state index in [1.165, 1.54) is 32.1 Å². The van der Waals surface area contributed by atoms with Crippen molar-refractivity contribution >= 4 is 21.8 Å². The summed E-state index contributed by atoms with van der Waals surface area (Å²) in [6.45, 7) is 1.39. The quantitative estimate of drug-likeness (QED) is 0.693. The number of rotatable bonds is 8. The van der Waals surface area contributed by atoms with E-state index in [0.29, 0.717) is 19.5 Å². The maximum Gasteiger partial charge on any atom is 0.250 e. The highest BCUT2D eigenvalue weighted by atomic mass is 79.9. The number of pyridine rings is 1. The Kier molecular flexibility index (Phi) is 7.86. The summed E-state index contributed by atoms with van der Waals surface area (Å²) >= 11 is 3.37. The number of aromatic nitrogens is 1. The number of carbonyl (C=O) groups excluding carboxylic acids is 1. The lowest BCUT2D eigenvalue weighted by atomic mass is 9.86. The van der Waals surface area contributed by atoms with Gasteiger partial charge in [0.25, 0.3) is 5.56 Å². The average molecular weight is 383 g/mol. The fourth-order valence-electron chi connectivity index (χ4n) is 3.21. The van der Waals surface area contributed by atoms with Crippen molar-refractivity contribution in [2.24, 2.45) is 5.92 Å². The second kappa shape index (κ2) is 9.91. The minimum atomic E-state index is 0.0183. The first-order valence-electron chi connectivity index (χ1n) is 8.78. The van der Waals surface area contributed by atoms with Crippen LogP contribution in [0.5, 0.6) is 0 Å². The molecular weight excluding hydrogens is 356 g/mol. The summed E-state index contributed by atoms with van der Waals surface area (Å²) in [7, 11) is 0. The lowest BCUT2D eigenvalue weighted by Crippen LogP contribution is -2.25. The largest absolute Gasteiger partial charge is 0.356 e. The highest BCUT2D eigenvalue weighted by Crippen LogP contribution is 2.27. The number of nitrogens with one attached hydrogen (secondary N) is 1. The Morgan fingerprint density at radius 3 is 2.78 bits per heavy atom. The predicted molar refractivity (Wildman–Crippen MR) is 96.5 cm³/mol. The average Bonchev–Trinajstić information content (AvgIpc) is 2.56. The number of unbranched alkanes of at least 4 members (excludes halogenated alkanes) is 1. The number of nitrogens with zero attached hydrogens (tertiary/aromatic N) is 1. The van der Waals surface area contributed by atoms with E-state index in [1.54, 1.807) is 16.7 Å². The molecule has 1 aliphatic carbocycles. The maximum atomic E-state index is 11.8. The second-order valence-corrected chi connectivity index (χ2v) is 7.39. The molecule has 1 saturated carbocycles. The molecule has 1 heterocycles. The van der Waals surface area contributed by atoms with E-state index in [2.05, 4.69) is 21.2 Å². The van der Waals surface area contributed by atoms with Gasteiger partial charge in [-0.1, -0.05) is 32.1 Å². The van der Waals surface area contributed by atoms with E-state index in [1.807, 2.05) is 6.20 Å². The summed E-state index contributed by atoms with van der Waals surface area (Å²) in [5, 5.41) is 3.00. The number of hydrogen-bond acceptors (Lipinski definition) is 2. The van der Waals surface area contributed by atoms with Gasteiger partial charge in [-0.2, -0.15) is 0 Å². The van der Waals surface area contributed by atoms with Crippen molar-refractivity contribution < 1.29 is 4.79 Å². The molecule has 2 rings (SSSR count). The van der Waals surface area contributed by atoms with Crippen molar-refractivity contribution in [2.75, 3.05) is 6.54 Å². The van der Waals surface area contributed by atoms with Crippen LogP contribution >= 0.6 is 15.9 Å². The minimum Gasteiger partial charge on any atom is -0.356 e. The molecule has 0 aliphatic heterocycles. The van der Waals surface area contributed by atoms with Crippen molar-refractivity contribution in [3.05, 3.63) is 33.2 Å². The lowest BCUT2D eigenvalue weighted by Gasteiger charge is -2.20. The van der Waals surface area contributed by atoms with E-state index in [0.717, 1.165) is 29.7 Å².